The lowest BCUT2D eigenvalue weighted by Gasteiger charge is -2.39. The van der Waals surface area contributed by atoms with Gasteiger partial charge < -0.3 is 10.1 Å². The summed E-state index contributed by atoms with van der Waals surface area (Å²) in [6, 6.07) is 0.813. The highest BCUT2D eigenvalue weighted by atomic mass is 16.5. The summed E-state index contributed by atoms with van der Waals surface area (Å²) in [5, 5.41) is 3.42. The summed E-state index contributed by atoms with van der Waals surface area (Å²) in [4.78, 5) is 2.67. The third-order valence-electron chi connectivity index (χ3n) is 3.94. The summed E-state index contributed by atoms with van der Waals surface area (Å²) in [5.74, 6) is 0. The van der Waals surface area contributed by atoms with Crippen LogP contribution in [0.15, 0.2) is 0 Å². The highest BCUT2D eigenvalue weighted by Crippen LogP contribution is 2.47. The van der Waals surface area contributed by atoms with Gasteiger partial charge in [-0.2, -0.15) is 0 Å². The molecule has 0 radical (unpaired) electrons. The summed E-state index contributed by atoms with van der Waals surface area (Å²) in [6.07, 6.45) is 5.18. The lowest BCUT2D eigenvalue weighted by molar-refractivity contribution is -0.0457. The van der Waals surface area contributed by atoms with E-state index in [4.69, 9.17) is 4.74 Å². The highest BCUT2D eigenvalue weighted by molar-refractivity contribution is 5.01. The zero-order chi connectivity index (χ0) is 9.43. The Hall–Kier alpha value is -0.120. The van der Waals surface area contributed by atoms with Crippen molar-refractivity contribution < 1.29 is 4.74 Å². The Morgan fingerprint density at radius 1 is 1.21 bits per heavy atom. The van der Waals surface area contributed by atoms with Crippen LogP contribution in [0.2, 0.25) is 0 Å². The summed E-state index contributed by atoms with van der Waals surface area (Å²) >= 11 is 0. The number of nitrogens with zero attached hydrogens (tertiary/aromatic N) is 1. The minimum absolute atomic E-state index is 0.341. The van der Waals surface area contributed by atoms with Crippen LogP contribution in [0.5, 0.6) is 0 Å². The van der Waals surface area contributed by atoms with Crippen LogP contribution in [0.25, 0.3) is 0 Å². The fraction of sp³-hybridized carbons (Fsp3) is 1.00. The van der Waals surface area contributed by atoms with Crippen LogP contribution in [-0.2, 0) is 4.74 Å². The lowest BCUT2D eigenvalue weighted by Crippen LogP contribution is -2.51. The number of nitrogens with one attached hydrogen (secondary N) is 1. The average molecular weight is 196 g/mol. The molecule has 1 spiro atoms. The van der Waals surface area contributed by atoms with Gasteiger partial charge in [0, 0.05) is 38.8 Å². The van der Waals surface area contributed by atoms with E-state index in [9.17, 15) is 0 Å². The maximum atomic E-state index is 5.86. The van der Waals surface area contributed by atoms with Gasteiger partial charge in [0.1, 0.15) is 0 Å². The number of rotatable bonds is 1. The van der Waals surface area contributed by atoms with E-state index in [1.165, 1.54) is 51.9 Å². The Balaban J connectivity index is 1.60. The number of ether oxygens (including phenoxy) is 1. The average Bonchev–Trinajstić information content (AvgIpc) is 2.99. The van der Waals surface area contributed by atoms with Gasteiger partial charge >= 0.3 is 0 Å². The van der Waals surface area contributed by atoms with E-state index in [0.717, 1.165) is 12.6 Å². The first-order chi connectivity index (χ1) is 6.88. The third kappa shape index (κ3) is 1.69. The molecule has 3 heteroatoms. The van der Waals surface area contributed by atoms with Crippen molar-refractivity contribution in [3.8, 4) is 0 Å². The van der Waals surface area contributed by atoms with Gasteiger partial charge in [-0.1, -0.05) is 0 Å². The first-order valence-corrected chi connectivity index (χ1v) is 5.97. The standard InChI is InChI=1S/C11H20N2O/c1-8-14-11(2-3-11)9-10(1)13-6-4-12-5-7-13/h10,12H,1-9H2. The maximum Gasteiger partial charge on any atom is 0.0699 e. The van der Waals surface area contributed by atoms with Gasteiger partial charge in [-0.05, 0) is 25.7 Å². The molecule has 1 atom stereocenters. The van der Waals surface area contributed by atoms with E-state index in [1.54, 1.807) is 0 Å². The SMILES string of the molecule is C1CN(C2CCOC3(CC3)C2)CCN1. The molecule has 1 saturated carbocycles. The topological polar surface area (TPSA) is 24.5 Å². The van der Waals surface area contributed by atoms with E-state index >= 15 is 0 Å². The molecule has 0 aromatic rings. The van der Waals surface area contributed by atoms with Gasteiger partial charge in [0.2, 0.25) is 0 Å². The molecular weight excluding hydrogens is 176 g/mol. The first kappa shape index (κ1) is 9.13. The van der Waals surface area contributed by atoms with E-state index in [0.29, 0.717) is 5.60 Å². The van der Waals surface area contributed by atoms with Crippen molar-refractivity contribution in [3.63, 3.8) is 0 Å². The van der Waals surface area contributed by atoms with Crippen molar-refractivity contribution >= 4 is 0 Å². The fourth-order valence-corrected chi connectivity index (χ4v) is 2.85. The molecule has 3 aliphatic rings. The molecular formula is C11H20N2O. The number of hydrogen-bond donors (Lipinski definition) is 1. The van der Waals surface area contributed by atoms with Gasteiger partial charge in [0.05, 0.1) is 5.60 Å². The Labute approximate surface area is 85.8 Å². The van der Waals surface area contributed by atoms with Gasteiger partial charge in [0.25, 0.3) is 0 Å². The summed E-state index contributed by atoms with van der Waals surface area (Å²) < 4.78 is 5.86. The van der Waals surface area contributed by atoms with Crippen LogP contribution in [0.1, 0.15) is 25.7 Å². The molecule has 1 unspecified atom stereocenters. The van der Waals surface area contributed by atoms with E-state index < -0.39 is 0 Å². The molecule has 1 aliphatic carbocycles. The smallest absolute Gasteiger partial charge is 0.0699 e. The van der Waals surface area contributed by atoms with Gasteiger partial charge in [-0.25, -0.2) is 0 Å². The van der Waals surface area contributed by atoms with E-state index in [1.807, 2.05) is 0 Å². The molecule has 3 nitrogen and oxygen atoms in total. The predicted molar refractivity (Wildman–Crippen MR) is 55.4 cm³/mol. The van der Waals surface area contributed by atoms with Gasteiger partial charge in [-0.3, -0.25) is 4.90 Å². The van der Waals surface area contributed by atoms with Gasteiger partial charge in [-0.15, -0.1) is 0 Å². The van der Waals surface area contributed by atoms with Crippen molar-refractivity contribution in [2.45, 2.75) is 37.3 Å². The van der Waals surface area contributed by atoms with Crippen molar-refractivity contribution in [2.24, 2.45) is 0 Å². The minimum Gasteiger partial charge on any atom is -0.375 e. The molecule has 2 saturated heterocycles. The van der Waals surface area contributed by atoms with Crippen molar-refractivity contribution in [1.29, 1.82) is 0 Å². The Morgan fingerprint density at radius 2 is 2.00 bits per heavy atom. The molecule has 0 aromatic carbocycles. The summed E-state index contributed by atoms with van der Waals surface area (Å²) in [6.45, 7) is 5.81. The van der Waals surface area contributed by atoms with Crippen molar-refractivity contribution in [1.82, 2.24) is 10.2 Å². The highest BCUT2D eigenvalue weighted by Gasteiger charge is 2.48. The van der Waals surface area contributed by atoms with Gasteiger partial charge in [0.15, 0.2) is 0 Å². The zero-order valence-corrected chi connectivity index (χ0v) is 8.80. The molecule has 2 aliphatic heterocycles. The van der Waals surface area contributed by atoms with Crippen LogP contribution >= 0.6 is 0 Å². The quantitative estimate of drug-likeness (QED) is 0.665. The fourth-order valence-electron chi connectivity index (χ4n) is 2.85. The molecule has 1 N–H and O–H groups in total. The second-order valence-corrected chi connectivity index (χ2v) is 4.96. The lowest BCUT2D eigenvalue weighted by atomic mass is 9.99. The Kier molecular flexibility index (Phi) is 2.26. The Bertz CT molecular complexity index is 209. The molecule has 0 amide bonds. The van der Waals surface area contributed by atoms with Crippen LogP contribution in [-0.4, -0.2) is 49.3 Å². The predicted octanol–water partition coefficient (Wildman–Crippen LogP) is 0.603. The van der Waals surface area contributed by atoms with Crippen LogP contribution in [0.4, 0.5) is 0 Å². The molecule has 80 valence electrons. The number of piperazine rings is 1. The molecule has 14 heavy (non-hydrogen) atoms. The molecule has 0 bridgehead atoms. The van der Waals surface area contributed by atoms with E-state index in [-0.39, 0.29) is 0 Å². The monoisotopic (exact) mass is 196 g/mol. The largest absolute Gasteiger partial charge is 0.375 e. The molecule has 0 aromatic heterocycles. The first-order valence-electron chi connectivity index (χ1n) is 5.97. The second kappa shape index (κ2) is 3.47. The van der Waals surface area contributed by atoms with Crippen LogP contribution < -0.4 is 5.32 Å². The molecule has 3 rings (SSSR count). The van der Waals surface area contributed by atoms with Crippen molar-refractivity contribution in [2.75, 3.05) is 32.8 Å². The zero-order valence-electron chi connectivity index (χ0n) is 8.80. The molecule has 2 heterocycles. The van der Waals surface area contributed by atoms with Crippen molar-refractivity contribution in [3.05, 3.63) is 0 Å². The second-order valence-electron chi connectivity index (χ2n) is 4.96. The third-order valence-corrected chi connectivity index (χ3v) is 3.94. The minimum atomic E-state index is 0.341. The maximum absolute atomic E-state index is 5.86. The normalized spacial score (nSPS) is 37.3. The van der Waals surface area contributed by atoms with Crippen LogP contribution in [0, 0.1) is 0 Å². The van der Waals surface area contributed by atoms with E-state index in [2.05, 4.69) is 10.2 Å². The summed E-state index contributed by atoms with van der Waals surface area (Å²) in [5.41, 5.74) is 0.341. The van der Waals surface area contributed by atoms with Crippen LogP contribution in [0.3, 0.4) is 0 Å². The Morgan fingerprint density at radius 3 is 2.71 bits per heavy atom. The molecule has 3 fully saturated rings. The number of hydrogen-bond acceptors (Lipinski definition) is 3. The summed E-state index contributed by atoms with van der Waals surface area (Å²) in [7, 11) is 0.